The molecule has 1 heterocycles. The molecular formula is C19H25N3O5. The van der Waals surface area contributed by atoms with Gasteiger partial charge in [0.25, 0.3) is 5.91 Å². The van der Waals surface area contributed by atoms with Crippen LogP contribution in [-0.2, 0) is 4.74 Å². The summed E-state index contributed by atoms with van der Waals surface area (Å²) in [7, 11) is 6.23. The number of anilines is 2. The Balaban J connectivity index is 2.06. The Bertz CT molecular complexity index is 725. The summed E-state index contributed by atoms with van der Waals surface area (Å²) in [5, 5.41) is 5.98. The summed E-state index contributed by atoms with van der Waals surface area (Å²) in [4.78, 5) is 16.7. The number of carbonyl (C=O) groups excluding carboxylic acids is 1. The van der Waals surface area contributed by atoms with Crippen molar-refractivity contribution in [2.24, 2.45) is 0 Å². The van der Waals surface area contributed by atoms with E-state index in [9.17, 15) is 4.79 Å². The number of hydrogen-bond acceptors (Lipinski definition) is 7. The van der Waals surface area contributed by atoms with Crippen LogP contribution in [0.15, 0.2) is 30.5 Å². The molecule has 2 N–H and O–H groups in total. The molecule has 0 saturated heterocycles. The van der Waals surface area contributed by atoms with Gasteiger partial charge in [0.05, 0.1) is 26.9 Å². The van der Waals surface area contributed by atoms with Crippen LogP contribution in [0.1, 0.15) is 16.8 Å². The van der Waals surface area contributed by atoms with Crippen molar-refractivity contribution in [3.63, 3.8) is 0 Å². The van der Waals surface area contributed by atoms with E-state index in [-0.39, 0.29) is 5.91 Å². The highest BCUT2D eigenvalue weighted by molar-refractivity contribution is 6.04. The number of rotatable bonds is 10. The van der Waals surface area contributed by atoms with Crippen molar-refractivity contribution in [1.29, 1.82) is 0 Å². The number of ether oxygens (including phenoxy) is 4. The lowest BCUT2D eigenvalue weighted by molar-refractivity contribution is 0.102. The Labute approximate surface area is 158 Å². The highest BCUT2D eigenvalue weighted by atomic mass is 16.5. The third-order valence-corrected chi connectivity index (χ3v) is 3.78. The third-order valence-electron chi connectivity index (χ3n) is 3.78. The molecule has 0 fully saturated rings. The smallest absolute Gasteiger partial charge is 0.257 e. The van der Waals surface area contributed by atoms with Gasteiger partial charge in [-0.25, -0.2) is 4.98 Å². The van der Waals surface area contributed by atoms with E-state index in [4.69, 9.17) is 18.9 Å². The van der Waals surface area contributed by atoms with Crippen molar-refractivity contribution in [3.05, 3.63) is 36.0 Å². The average Bonchev–Trinajstić information content (AvgIpc) is 2.70. The van der Waals surface area contributed by atoms with Crippen molar-refractivity contribution >= 4 is 17.4 Å². The standard InChI is InChI=1S/C19H25N3O5/c1-24-9-5-8-20-17-7-6-13(12-21-17)19(23)22-14-10-15(25-2)18(27-4)16(11-14)26-3/h6-7,10-12H,5,8-9H2,1-4H3,(H,20,21)(H,22,23). The first-order chi connectivity index (χ1) is 13.1. The highest BCUT2D eigenvalue weighted by Crippen LogP contribution is 2.40. The fourth-order valence-corrected chi connectivity index (χ4v) is 2.42. The van der Waals surface area contributed by atoms with Crippen molar-refractivity contribution in [2.75, 3.05) is 52.2 Å². The van der Waals surface area contributed by atoms with Crippen LogP contribution in [0.2, 0.25) is 0 Å². The fraction of sp³-hybridized carbons (Fsp3) is 0.368. The summed E-state index contributed by atoms with van der Waals surface area (Å²) in [6.45, 7) is 1.43. The van der Waals surface area contributed by atoms with Gasteiger partial charge in [0.2, 0.25) is 5.75 Å². The molecule has 27 heavy (non-hydrogen) atoms. The SMILES string of the molecule is COCCCNc1ccc(C(=O)Nc2cc(OC)c(OC)c(OC)c2)cn1. The topological polar surface area (TPSA) is 90.9 Å². The Kier molecular flexibility index (Phi) is 7.69. The van der Waals surface area contributed by atoms with Gasteiger partial charge < -0.3 is 29.6 Å². The van der Waals surface area contributed by atoms with E-state index in [0.29, 0.717) is 40.9 Å². The number of hydrogen-bond donors (Lipinski definition) is 2. The average molecular weight is 375 g/mol. The molecule has 146 valence electrons. The molecule has 0 bridgehead atoms. The summed E-state index contributed by atoms with van der Waals surface area (Å²) >= 11 is 0. The van der Waals surface area contributed by atoms with Crippen molar-refractivity contribution in [3.8, 4) is 17.2 Å². The largest absolute Gasteiger partial charge is 0.493 e. The van der Waals surface area contributed by atoms with Gasteiger partial charge in [-0.15, -0.1) is 0 Å². The molecule has 2 rings (SSSR count). The zero-order valence-electron chi connectivity index (χ0n) is 16.0. The van der Waals surface area contributed by atoms with Gasteiger partial charge in [-0.05, 0) is 18.6 Å². The lowest BCUT2D eigenvalue weighted by Gasteiger charge is -2.14. The lowest BCUT2D eigenvalue weighted by atomic mass is 10.2. The summed E-state index contributed by atoms with van der Waals surface area (Å²) < 4.78 is 20.9. The molecule has 0 spiro atoms. The normalized spacial score (nSPS) is 10.2. The molecule has 0 aliphatic heterocycles. The van der Waals surface area contributed by atoms with Crippen LogP contribution in [-0.4, -0.2) is 52.5 Å². The van der Waals surface area contributed by atoms with Crippen LogP contribution < -0.4 is 24.8 Å². The van der Waals surface area contributed by atoms with Gasteiger partial charge in [0, 0.05) is 44.3 Å². The zero-order valence-corrected chi connectivity index (χ0v) is 16.0. The molecule has 8 nitrogen and oxygen atoms in total. The van der Waals surface area contributed by atoms with Crippen molar-refractivity contribution < 1.29 is 23.7 Å². The van der Waals surface area contributed by atoms with E-state index in [1.807, 2.05) is 0 Å². The van der Waals surface area contributed by atoms with Gasteiger partial charge >= 0.3 is 0 Å². The zero-order chi connectivity index (χ0) is 19.6. The first-order valence-electron chi connectivity index (χ1n) is 8.43. The second-order valence-corrected chi connectivity index (χ2v) is 5.57. The van der Waals surface area contributed by atoms with Gasteiger partial charge in [-0.2, -0.15) is 0 Å². The van der Waals surface area contributed by atoms with Gasteiger partial charge in [-0.3, -0.25) is 4.79 Å². The second kappa shape index (κ2) is 10.2. The van der Waals surface area contributed by atoms with E-state index >= 15 is 0 Å². The minimum absolute atomic E-state index is 0.289. The number of methoxy groups -OCH3 is 4. The molecule has 1 aromatic carbocycles. The van der Waals surface area contributed by atoms with Gasteiger partial charge in [0.15, 0.2) is 11.5 Å². The quantitative estimate of drug-likeness (QED) is 0.617. The van der Waals surface area contributed by atoms with Crippen LogP contribution in [0.3, 0.4) is 0 Å². The predicted octanol–water partition coefficient (Wildman–Crippen LogP) is 2.81. The molecule has 8 heteroatoms. The van der Waals surface area contributed by atoms with Gasteiger partial charge in [-0.1, -0.05) is 0 Å². The van der Waals surface area contributed by atoms with Crippen LogP contribution in [0.25, 0.3) is 0 Å². The molecule has 2 aromatic rings. The van der Waals surface area contributed by atoms with Crippen LogP contribution >= 0.6 is 0 Å². The fourth-order valence-electron chi connectivity index (χ4n) is 2.42. The number of benzene rings is 1. The molecule has 0 unspecified atom stereocenters. The minimum Gasteiger partial charge on any atom is -0.493 e. The molecule has 0 aliphatic carbocycles. The summed E-state index contributed by atoms with van der Waals surface area (Å²) in [5.74, 6) is 1.79. The maximum atomic E-state index is 12.5. The molecule has 0 aliphatic rings. The Morgan fingerprint density at radius 1 is 1.04 bits per heavy atom. The Morgan fingerprint density at radius 3 is 2.26 bits per heavy atom. The highest BCUT2D eigenvalue weighted by Gasteiger charge is 2.15. The number of nitrogens with zero attached hydrogens (tertiary/aromatic N) is 1. The molecule has 1 aromatic heterocycles. The van der Waals surface area contributed by atoms with E-state index in [1.165, 1.54) is 27.5 Å². The summed E-state index contributed by atoms with van der Waals surface area (Å²) in [5.41, 5.74) is 0.961. The number of aromatic nitrogens is 1. The predicted molar refractivity (Wildman–Crippen MR) is 103 cm³/mol. The van der Waals surface area contributed by atoms with E-state index in [0.717, 1.165) is 13.0 Å². The van der Waals surface area contributed by atoms with Crippen LogP contribution in [0.4, 0.5) is 11.5 Å². The Morgan fingerprint density at radius 2 is 1.74 bits per heavy atom. The third kappa shape index (κ3) is 5.49. The van der Waals surface area contributed by atoms with Crippen LogP contribution in [0, 0.1) is 0 Å². The molecule has 0 radical (unpaired) electrons. The lowest BCUT2D eigenvalue weighted by Crippen LogP contribution is -2.13. The van der Waals surface area contributed by atoms with Gasteiger partial charge in [0.1, 0.15) is 5.82 Å². The van der Waals surface area contributed by atoms with E-state index < -0.39 is 0 Å². The van der Waals surface area contributed by atoms with Crippen molar-refractivity contribution in [2.45, 2.75) is 6.42 Å². The Hall–Kier alpha value is -3.00. The second-order valence-electron chi connectivity index (χ2n) is 5.57. The van der Waals surface area contributed by atoms with E-state index in [2.05, 4.69) is 15.6 Å². The maximum Gasteiger partial charge on any atom is 0.257 e. The number of nitrogens with one attached hydrogen (secondary N) is 2. The number of amides is 1. The number of pyridine rings is 1. The summed E-state index contributed by atoms with van der Waals surface area (Å²) in [6.07, 6.45) is 2.40. The van der Waals surface area contributed by atoms with E-state index in [1.54, 1.807) is 31.4 Å². The van der Waals surface area contributed by atoms with Crippen molar-refractivity contribution in [1.82, 2.24) is 4.98 Å². The molecule has 0 atom stereocenters. The molecular weight excluding hydrogens is 350 g/mol. The monoisotopic (exact) mass is 375 g/mol. The maximum absolute atomic E-state index is 12.5. The minimum atomic E-state index is -0.289. The molecule has 1 amide bonds. The summed E-state index contributed by atoms with van der Waals surface area (Å²) in [6, 6.07) is 6.80. The first-order valence-corrected chi connectivity index (χ1v) is 8.43. The molecule has 0 saturated carbocycles. The number of carbonyl (C=O) groups is 1. The van der Waals surface area contributed by atoms with Crippen LogP contribution in [0.5, 0.6) is 17.2 Å². The first kappa shape index (κ1) is 20.3.